The largest absolute Gasteiger partial charge is 0.481 e. The van der Waals surface area contributed by atoms with Crippen molar-refractivity contribution in [3.63, 3.8) is 0 Å². The van der Waals surface area contributed by atoms with Gasteiger partial charge in [0.05, 0.1) is 5.92 Å². The Bertz CT molecular complexity index is 496. The normalized spacial score (nSPS) is 17.0. The molecule has 1 saturated heterocycles. The molecule has 1 heterocycles. The van der Waals surface area contributed by atoms with Crippen LogP contribution < -0.4 is 5.32 Å². The minimum atomic E-state index is -0.754. The number of aliphatic carboxylic acids is 1. The number of nitrogens with zero attached hydrogens (tertiary/aromatic N) is 1. The van der Waals surface area contributed by atoms with E-state index >= 15 is 0 Å². The summed E-state index contributed by atoms with van der Waals surface area (Å²) in [6.45, 7) is 3.76. The molecule has 1 aliphatic heterocycles. The number of carboxylic acids is 1. The van der Waals surface area contributed by atoms with Crippen molar-refractivity contribution in [3.05, 3.63) is 35.9 Å². The highest BCUT2D eigenvalue weighted by Crippen LogP contribution is 2.19. The van der Waals surface area contributed by atoms with Crippen LogP contribution in [0.3, 0.4) is 0 Å². The Labute approximate surface area is 131 Å². The van der Waals surface area contributed by atoms with Crippen molar-refractivity contribution in [1.29, 1.82) is 0 Å². The van der Waals surface area contributed by atoms with Gasteiger partial charge in [-0.3, -0.25) is 4.79 Å². The molecule has 1 fully saturated rings. The molecule has 1 aromatic rings. The van der Waals surface area contributed by atoms with Crippen LogP contribution in [0.2, 0.25) is 0 Å². The van der Waals surface area contributed by atoms with Crippen LogP contribution in [-0.2, 0) is 4.79 Å². The standard InChI is InChI=1S/C17H24N2O3/c1-2-13(14-6-4-3-5-7-14)12-18-17(22)19-10-8-15(9-11-19)16(20)21/h3-7,13,15H,2,8-12H2,1H3,(H,18,22)(H,20,21). The number of amides is 2. The summed E-state index contributed by atoms with van der Waals surface area (Å²) in [4.78, 5) is 24.8. The maximum Gasteiger partial charge on any atom is 0.317 e. The van der Waals surface area contributed by atoms with Crippen LogP contribution in [0.5, 0.6) is 0 Å². The van der Waals surface area contributed by atoms with Gasteiger partial charge in [-0.2, -0.15) is 0 Å². The molecule has 2 rings (SSSR count). The number of rotatable bonds is 5. The van der Waals surface area contributed by atoms with Gasteiger partial charge in [0.25, 0.3) is 0 Å². The molecule has 2 N–H and O–H groups in total. The highest BCUT2D eigenvalue weighted by atomic mass is 16.4. The predicted molar refractivity (Wildman–Crippen MR) is 84.8 cm³/mol. The number of piperidine rings is 1. The first-order valence-electron chi connectivity index (χ1n) is 7.92. The highest BCUT2D eigenvalue weighted by molar-refractivity contribution is 5.75. The average Bonchev–Trinajstić information content (AvgIpc) is 2.56. The van der Waals surface area contributed by atoms with Gasteiger partial charge in [0.1, 0.15) is 0 Å². The number of carbonyl (C=O) groups excluding carboxylic acids is 1. The fraction of sp³-hybridized carbons (Fsp3) is 0.529. The number of hydrogen-bond acceptors (Lipinski definition) is 2. The molecule has 1 aliphatic rings. The van der Waals surface area contributed by atoms with E-state index in [9.17, 15) is 9.59 Å². The summed E-state index contributed by atoms with van der Waals surface area (Å²) in [6, 6.07) is 10.1. The van der Waals surface area contributed by atoms with Gasteiger partial charge in [0.15, 0.2) is 0 Å². The predicted octanol–water partition coefficient (Wildman–Crippen LogP) is 2.69. The molecule has 0 spiro atoms. The smallest absolute Gasteiger partial charge is 0.317 e. The Morgan fingerprint density at radius 2 is 1.91 bits per heavy atom. The molecular weight excluding hydrogens is 280 g/mol. The van der Waals surface area contributed by atoms with E-state index in [1.165, 1.54) is 5.56 Å². The molecule has 0 saturated carbocycles. The van der Waals surface area contributed by atoms with E-state index in [-0.39, 0.29) is 11.9 Å². The van der Waals surface area contributed by atoms with Gasteiger partial charge >= 0.3 is 12.0 Å². The lowest BCUT2D eigenvalue weighted by Gasteiger charge is -2.30. The third-order valence-corrected chi connectivity index (χ3v) is 4.39. The van der Waals surface area contributed by atoms with Gasteiger partial charge in [-0.15, -0.1) is 0 Å². The molecule has 1 unspecified atom stereocenters. The van der Waals surface area contributed by atoms with E-state index in [1.807, 2.05) is 18.2 Å². The second kappa shape index (κ2) is 7.82. The highest BCUT2D eigenvalue weighted by Gasteiger charge is 2.27. The minimum Gasteiger partial charge on any atom is -0.481 e. The first-order valence-corrected chi connectivity index (χ1v) is 7.92. The Kier molecular flexibility index (Phi) is 5.81. The van der Waals surface area contributed by atoms with E-state index in [1.54, 1.807) is 4.90 Å². The summed E-state index contributed by atoms with van der Waals surface area (Å²) >= 11 is 0. The SMILES string of the molecule is CCC(CNC(=O)N1CCC(C(=O)O)CC1)c1ccccc1. The third kappa shape index (κ3) is 4.23. The fourth-order valence-corrected chi connectivity index (χ4v) is 2.87. The topological polar surface area (TPSA) is 69.6 Å². The lowest BCUT2D eigenvalue weighted by molar-refractivity contribution is -0.143. The first kappa shape index (κ1) is 16.3. The molecule has 22 heavy (non-hydrogen) atoms. The first-order chi connectivity index (χ1) is 10.6. The number of carboxylic acid groups (broad SMARTS) is 1. The van der Waals surface area contributed by atoms with Gasteiger partial charge in [-0.1, -0.05) is 37.3 Å². The van der Waals surface area contributed by atoms with Gasteiger partial charge in [0.2, 0.25) is 0 Å². The number of urea groups is 1. The molecular formula is C17H24N2O3. The summed E-state index contributed by atoms with van der Waals surface area (Å²) in [5.41, 5.74) is 1.23. The maximum absolute atomic E-state index is 12.2. The second-order valence-corrected chi connectivity index (χ2v) is 5.80. The number of carbonyl (C=O) groups is 2. The molecule has 0 aliphatic carbocycles. The molecule has 0 aromatic heterocycles. The lowest BCUT2D eigenvalue weighted by atomic mass is 9.96. The molecule has 5 heteroatoms. The maximum atomic E-state index is 12.2. The minimum absolute atomic E-state index is 0.0850. The summed E-state index contributed by atoms with van der Waals surface area (Å²) in [5.74, 6) is -0.756. The molecule has 2 amide bonds. The van der Waals surface area contributed by atoms with Crippen molar-refractivity contribution in [2.75, 3.05) is 19.6 Å². The van der Waals surface area contributed by atoms with E-state index in [4.69, 9.17) is 5.11 Å². The number of benzene rings is 1. The number of likely N-dealkylation sites (tertiary alicyclic amines) is 1. The Hall–Kier alpha value is -2.04. The van der Waals surface area contributed by atoms with Crippen molar-refractivity contribution in [2.45, 2.75) is 32.1 Å². The van der Waals surface area contributed by atoms with Crippen LogP contribution in [0.15, 0.2) is 30.3 Å². The molecule has 120 valence electrons. The van der Waals surface area contributed by atoms with Gasteiger partial charge in [-0.05, 0) is 24.8 Å². The van der Waals surface area contributed by atoms with E-state index < -0.39 is 5.97 Å². The van der Waals surface area contributed by atoms with Gasteiger partial charge in [-0.25, -0.2) is 4.79 Å². The van der Waals surface area contributed by atoms with E-state index in [2.05, 4.69) is 24.4 Å². The summed E-state index contributed by atoms with van der Waals surface area (Å²) in [5, 5.41) is 12.0. The lowest BCUT2D eigenvalue weighted by Crippen LogP contribution is -2.46. The van der Waals surface area contributed by atoms with Crippen molar-refractivity contribution in [3.8, 4) is 0 Å². The van der Waals surface area contributed by atoms with E-state index in [0.29, 0.717) is 38.4 Å². The second-order valence-electron chi connectivity index (χ2n) is 5.80. The fourth-order valence-electron chi connectivity index (χ4n) is 2.87. The number of hydrogen-bond donors (Lipinski definition) is 2. The Balaban J connectivity index is 1.81. The van der Waals surface area contributed by atoms with Gasteiger partial charge < -0.3 is 15.3 Å². The number of nitrogens with one attached hydrogen (secondary N) is 1. The summed E-state index contributed by atoms with van der Waals surface area (Å²) in [6.07, 6.45) is 2.04. The van der Waals surface area contributed by atoms with Gasteiger partial charge in [0, 0.05) is 25.6 Å². The van der Waals surface area contributed by atoms with Crippen molar-refractivity contribution in [1.82, 2.24) is 10.2 Å². The van der Waals surface area contributed by atoms with Crippen LogP contribution in [0.25, 0.3) is 0 Å². The monoisotopic (exact) mass is 304 g/mol. The van der Waals surface area contributed by atoms with Crippen molar-refractivity contribution in [2.24, 2.45) is 5.92 Å². The van der Waals surface area contributed by atoms with Crippen molar-refractivity contribution >= 4 is 12.0 Å². The average molecular weight is 304 g/mol. The zero-order valence-electron chi connectivity index (χ0n) is 13.0. The summed E-state index contributed by atoms with van der Waals surface area (Å²) in [7, 11) is 0. The quantitative estimate of drug-likeness (QED) is 0.878. The molecule has 5 nitrogen and oxygen atoms in total. The van der Waals surface area contributed by atoms with E-state index in [0.717, 1.165) is 6.42 Å². The van der Waals surface area contributed by atoms with Crippen LogP contribution in [0.1, 0.15) is 37.7 Å². The molecule has 0 bridgehead atoms. The van der Waals surface area contributed by atoms with Crippen LogP contribution >= 0.6 is 0 Å². The zero-order chi connectivity index (χ0) is 15.9. The molecule has 1 aromatic carbocycles. The van der Waals surface area contributed by atoms with Crippen LogP contribution in [-0.4, -0.2) is 41.6 Å². The zero-order valence-corrected chi connectivity index (χ0v) is 13.0. The Morgan fingerprint density at radius 1 is 1.27 bits per heavy atom. The van der Waals surface area contributed by atoms with Crippen LogP contribution in [0, 0.1) is 5.92 Å². The third-order valence-electron chi connectivity index (χ3n) is 4.39. The molecule has 1 atom stereocenters. The Morgan fingerprint density at radius 3 is 2.45 bits per heavy atom. The molecule has 0 radical (unpaired) electrons. The summed E-state index contributed by atoms with van der Waals surface area (Å²) < 4.78 is 0. The van der Waals surface area contributed by atoms with Crippen molar-refractivity contribution < 1.29 is 14.7 Å². The van der Waals surface area contributed by atoms with Crippen LogP contribution in [0.4, 0.5) is 4.79 Å².